The lowest BCUT2D eigenvalue weighted by Gasteiger charge is -2.16. The molecule has 0 aliphatic carbocycles. The third kappa shape index (κ3) is 4.44. The van der Waals surface area contributed by atoms with Crippen molar-refractivity contribution >= 4 is 34.4 Å². The Labute approximate surface area is 180 Å². The summed E-state index contributed by atoms with van der Waals surface area (Å²) in [4.78, 5) is 25.9. The maximum atomic E-state index is 13.4. The zero-order valence-corrected chi connectivity index (χ0v) is 18.3. The minimum absolute atomic E-state index is 0.0789. The van der Waals surface area contributed by atoms with Crippen LogP contribution < -0.4 is 9.47 Å². The minimum Gasteiger partial charge on any atom is -0.491 e. The molecule has 30 heavy (non-hydrogen) atoms. The normalized spacial score (nSPS) is 11.2. The van der Waals surface area contributed by atoms with Gasteiger partial charge in [-0.2, -0.15) is 0 Å². The van der Waals surface area contributed by atoms with E-state index in [1.54, 1.807) is 42.5 Å². The van der Waals surface area contributed by atoms with E-state index >= 15 is 0 Å². The average molecular weight is 430 g/mol. The van der Waals surface area contributed by atoms with Crippen LogP contribution in [0.25, 0.3) is 10.9 Å². The van der Waals surface area contributed by atoms with Gasteiger partial charge in [0.1, 0.15) is 17.2 Å². The summed E-state index contributed by atoms with van der Waals surface area (Å²) < 4.78 is 18.1. The molecule has 3 aromatic rings. The Morgan fingerprint density at radius 1 is 0.933 bits per heavy atom. The lowest BCUT2D eigenvalue weighted by molar-refractivity contribution is 0.0584. The maximum Gasteiger partial charge on any atom is 0.355 e. The summed E-state index contributed by atoms with van der Waals surface area (Å²) in [5, 5.41) is 1.12. The second-order valence-corrected chi connectivity index (χ2v) is 7.79. The molecule has 0 N–H and O–H groups in total. The van der Waals surface area contributed by atoms with Gasteiger partial charge in [-0.05, 0) is 58.0 Å². The summed E-state index contributed by atoms with van der Waals surface area (Å²) in [7, 11) is 1.27. The third-order valence-electron chi connectivity index (χ3n) is 4.28. The molecule has 6 nitrogen and oxygen atoms in total. The van der Waals surface area contributed by atoms with Gasteiger partial charge in [0.2, 0.25) is 0 Å². The molecule has 2 aromatic carbocycles. The fourth-order valence-corrected chi connectivity index (χ4v) is 3.26. The van der Waals surface area contributed by atoms with E-state index in [1.165, 1.54) is 11.7 Å². The Bertz CT molecular complexity index is 1080. The number of hydrogen-bond acceptors (Lipinski definition) is 5. The molecule has 1 heterocycles. The summed E-state index contributed by atoms with van der Waals surface area (Å²) in [5.41, 5.74) is 0.968. The average Bonchev–Trinajstić information content (AvgIpc) is 3.06. The number of halogens is 1. The zero-order valence-electron chi connectivity index (χ0n) is 17.6. The number of rotatable bonds is 6. The van der Waals surface area contributed by atoms with Crippen molar-refractivity contribution in [3.8, 4) is 11.5 Å². The summed E-state index contributed by atoms with van der Waals surface area (Å²) >= 11 is 5.95. The standard InChI is InChI=1S/C23H24ClNO5/c1-13(2)29-17-10-19-18(21(11-17)30-14(3)4)12-20(23(27)28-5)25(19)22(26)15-6-8-16(24)9-7-15/h6-14H,1-5H3. The lowest BCUT2D eigenvalue weighted by atomic mass is 10.2. The summed E-state index contributed by atoms with van der Waals surface area (Å²) in [5.74, 6) is 0.0355. The minimum atomic E-state index is -0.629. The van der Waals surface area contributed by atoms with Crippen molar-refractivity contribution < 1.29 is 23.8 Å². The Balaban J connectivity index is 2.30. The highest BCUT2D eigenvalue weighted by Crippen LogP contribution is 2.35. The summed E-state index contributed by atoms with van der Waals surface area (Å²) in [6.45, 7) is 7.62. The number of aromatic nitrogens is 1. The molecule has 0 atom stereocenters. The molecule has 7 heteroatoms. The Hall–Kier alpha value is -2.99. The van der Waals surface area contributed by atoms with Crippen LogP contribution in [-0.2, 0) is 4.74 Å². The van der Waals surface area contributed by atoms with E-state index in [2.05, 4.69) is 0 Å². The molecule has 0 amide bonds. The molecular formula is C23H24ClNO5. The van der Waals surface area contributed by atoms with Crippen LogP contribution in [-0.4, -0.2) is 35.8 Å². The number of fused-ring (bicyclic) bond motifs is 1. The van der Waals surface area contributed by atoms with Gasteiger partial charge in [-0.3, -0.25) is 9.36 Å². The molecule has 0 saturated heterocycles. The smallest absolute Gasteiger partial charge is 0.355 e. The first-order valence-electron chi connectivity index (χ1n) is 9.62. The second kappa shape index (κ2) is 8.79. The molecule has 0 unspecified atom stereocenters. The van der Waals surface area contributed by atoms with Crippen molar-refractivity contribution in [2.24, 2.45) is 0 Å². The van der Waals surface area contributed by atoms with E-state index in [9.17, 15) is 9.59 Å². The SMILES string of the molecule is COC(=O)c1cc2c(OC(C)C)cc(OC(C)C)cc2n1C(=O)c1ccc(Cl)cc1. The molecule has 3 rings (SSSR count). The van der Waals surface area contributed by atoms with Gasteiger partial charge in [0.25, 0.3) is 5.91 Å². The molecule has 0 aliphatic rings. The van der Waals surface area contributed by atoms with Crippen molar-refractivity contribution in [1.29, 1.82) is 0 Å². The molecule has 0 aliphatic heterocycles. The van der Waals surface area contributed by atoms with Crippen LogP contribution in [0.15, 0.2) is 42.5 Å². The Morgan fingerprint density at radius 2 is 1.57 bits per heavy atom. The predicted octanol–water partition coefficient (Wildman–Crippen LogP) is 5.34. The number of ether oxygens (including phenoxy) is 3. The van der Waals surface area contributed by atoms with Crippen LogP contribution in [0.4, 0.5) is 0 Å². The lowest BCUT2D eigenvalue weighted by Crippen LogP contribution is -2.18. The van der Waals surface area contributed by atoms with Gasteiger partial charge >= 0.3 is 5.97 Å². The van der Waals surface area contributed by atoms with E-state index in [-0.39, 0.29) is 23.8 Å². The van der Waals surface area contributed by atoms with Crippen molar-refractivity contribution in [1.82, 2.24) is 4.57 Å². The molecular weight excluding hydrogens is 406 g/mol. The van der Waals surface area contributed by atoms with Crippen molar-refractivity contribution in [3.63, 3.8) is 0 Å². The van der Waals surface area contributed by atoms with Gasteiger partial charge in [-0.25, -0.2) is 4.79 Å². The quantitative estimate of drug-likeness (QED) is 0.494. The van der Waals surface area contributed by atoms with Gasteiger partial charge in [-0.1, -0.05) is 11.6 Å². The maximum absolute atomic E-state index is 13.4. The first-order valence-corrected chi connectivity index (χ1v) is 10.0. The van der Waals surface area contributed by atoms with E-state index < -0.39 is 5.97 Å². The van der Waals surface area contributed by atoms with Crippen LogP contribution in [0.5, 0.6) is 11.5 Å². The van der Waals surface area contributed by atoms with E-state index in [1.807, 2.05) is 27.7 Å². The number of carbonyl (C=O) groups excluding carboxylic acids is 2. The van der Waals surface area contributed by atoms with Gasteiger partial charge in [0.05, 0.1) is 24.8 Å². The fraction of sp³-hybridized carbons (Fsp3) is 0.304. The monoisotopic (exact) mass is 429 g/mol. The molecule has 0 spiro atoms. The van der Waals surface area contributed by atoms with E-state index in [4.69, 9.17) is 25.8 Å². The number of nitrogens with zero attached hydrogens (tertiary/aromatic N) is 1. The van der Waals surface area contributed by atoms with E-state index in [0.717, 1.165) is 0 Å². The molecule has 158 valence electrons. The number of methoxy groups -OCH3 is 1. The van der Waals surface area contributed by atoms with Gasteiger partial charge in [-0.15, -0.1) is 0 Å². The summed E-state index contributed by atoms with van der Waals surface area (Å²) in [6.07, 6.45) is -0.191. The van der Waals surface area contributed by atoms with Crippen LogP contribution in [0.2, 0.25) is 5.02 Å². The first kappa shape index (κ1) is 21.7. The second-order valence-electron chi connectivity index (χ2n) is 7.36. The molecule has 0 saturated carbocycles. The largest absolute Gasteiger partial charge is 0.491 e. The highest BCUT2D eigenvalue weighted by molar-refractivity contribution is 6.30. The van der Waals surface area contributed by atoms with Gasteiger partial charge < -0.3 is 14.2 Å². The van der Waals surface area contributed by atoms with Crippen LogP contribution >= 0.6 is 11.6 Å². The first-order chi connectivity index (χ1) is 14.2. The van der Waals surface area contributed by atoms with Crippen molar-refractivity contribution in [2.75, 3.05) is 7.11 Å². The van der Waals surface area contributed by atoms with E-state index in [0.29, 0.717) is 33.0 Å². The number of carbonyl (C=O) groups is 2. The predicted molar refractivity (Wildman–Crippen MR) is 116 cm³/mol. The topological polar surface area (TPSA) is 66.8 Å². The third-order valence-corrected chi connectivity index (χ3v) is 4.53. The summed E-state index contributed by atoms with van der Waals surface area (Å²) in [6, 6.07) is 11.6. The molecule has 0 fully saturated rings. The fourth-order valence-electron chi connectivity index (χ4n) is 3.14. The zero-order chi connectivity index (χ0) is 22.0. The number of hydrogen-bond donors (Lipinski definition) is 0. The number of esters is 1. The molecule has 0 radical (unpaired) electrons. The highest BCUT2D eigenvalue weighted by Gasteiger charge is 2.25. The number of benzene rings is 2. The van der Waals surface area contributed by atoms with Crippen LogP contribution in [0.3, 0.4) is 0 Å². The Morgan fingerprint density at radius 3 is 2.13 bits per heavy atom. The van der Waals surface area contributed by atoms with Gasteiger partial charge in [0, 0.05) is 28.1 Å². The molecule has 0 bridgehead atoms. The highest BCUT2D eigenvalue weighted by atomic mass is 35.5. The molecule has 1 aromatic heterocycles. The van der Waals surface area contributed by atoms with Crippen LogP contribution in [0, 0.1) is 0 Å². The Kier molecular flexibility index (Phi) is 6.37. The van der Waals surface area contributed by atoms with Crippen molar-refractivity contribution in [3.05, 3.63) is 58.7 Å². The van der Waals surface area contributed by atoms with Crippen molar-refractivity contribution in [2.45, 2.75) is 39.9 Å². The van der Waals surface area contributed by atoms with Gasteiger partial charge in [0.15, 0.2) is 0 Å². The van der Waals surface area contributed by atoms with Crippen LogP contribution in [0.1, 0.15) is 48.5 Å².